The first-order chi connectivity index (χ1) is 9.97. The summed E-state index contributed by atoms with van der Waals surface area (Å²) in [5, 5.41) is 0.660. The molecule has 3 nitrogen and oxygen atoms in total. The van der Waals surface area contributed by atoms with E-state index >= 15 is 0 Å². The predicted octanol–water partition coefficient (Wildman–Crippen LogP) is 3.83. The standard InChI is InChI=1S/C17H21ClN2O/c1-10-7-12(3)14(8-11(10)2)17(20-19)15-9-13(18)5-6-16(15)21-4/h5-9,17,20H,19H2,1-4H3. The summed E-state index contributed by atoms with van der Waals surface area (Å²) < 4.78 is 5.44. The zero-order valence-electron chi connectivity index (χ0n) is 12.8. The summed E-state index contributed by atoms with van der Waals surface area (Å²) in [7, 11) is 1.65. The molecule has 0 aromatic heterocycles. The van der Waals surface area contributed by atoms with Gasteiger partial charge in [-0.2, -0.15) is 0 Å². The Morgan fingerprint density at radius 1 is 1.00 bits per heavy atom. The topological polar surface area (TPSA) is 47.3 Å². The third-order valence-corrected chi connectivity index (χ3v) is 4.10. The number of rotatable bonds is 4. The largest absolute Gasteiger partial charge is 0.496 e. The van der Waals surface area contributed by atoms with Gasteiger partial charge in [-0.15, -0.1) is 0 Å². The highest BCUT2D eigenvalue weighted by atomic mass is 35.5. The molecule has 2 aromatic carbocycles. The van der Waals surface area contributed by atoms with E-state index in [4.69, 9.17) is 22.2 Å². The molecule has 2 rings (SSSR count). The monoisotopic (exact) mass is 304 g/mol. The van der Waals surface area contributed by atoms with Crippen LogP contribution in [-0.2, 0) is 0 Å². The smallest absolute Gasteiger partial charge is 0.124 e. The van der Waals surface area contributed by atoms with Crippen LogP contribution in [0.1, 0.15) is 33.9 Å². The molecule has 1 atom stereocenters. The minimum Gasteiger partial charge on any atom is -0.496 e. The third-order valence-electron chi connectivity index (χ3n) is 3.86. The van der Waals surface area contributed by atoms with Gasteiger partial charge in [-0.1, -0.05) is 23.7 Å². The highest BCUT2D eigenvalue weighted by molar-refractivity contribution is 6.30. The average molecular weight is 305 g/mol. The Kier molecular flexibility index (Phi) is 4.88. The van der Waals surface area contributed by atoms with Crippen molar-refractivity contribution in [1.29, 1.82) is 0 Å². The van der Waals surface area contributed by atoms with E-state index in [2.05, 4.69) is 38.3 Å². The van der Waals surface area contributed by atoms with Gasteiger partial charge in [0.25, 0.3) is 0 Å². The van der Waals surface area contributed by atoms with Crippen molar-refractivity contribution in [2.75, 3.05) is 7.11 Å². The average Bonchev–Trinajstić information content (AvgIpc) is 2.45. The maximum Gasteiger partial charge on any atom is 0.124 e. The molecule has 0 fully saturated rings. The Morgan fingerprint density at radius 2 is 1.67 bits per heavy atom. The lowest BCUT2D eigenvalue weighted by atomic mass is 9.91. The molecule has 0 amide bonds. The Hall–Kier alpha value is -1.55. The van der Waals surface area contributed by atoms with E-state index in [0.29, 0.717) is 5.02 Å². The van der Waals surface area contributed by atoms with Gasteiger partial charge in [0.05, 0.1) is 13.2 Å². The zero-order chi connectivity index (χ0) is 15.6. The molecular weight excluding hydrogens is 284 g/mol. The van der Waals surface area contributed by atoms with Gasteiger partial charge in [-0.05, 0) is 61.2 Å². The number of benzene rings is 2. The van der Waals surface area contributed by atoms with Crippen LogP contribution in [0.5, 0.6) is 5.75 Å². The van der Waals surface area contributed by atoms with E-state index in [1.54, 1.807) is 7.11 Å². The van der Waals surface area contributed by atoms with E-state index in [-0.39, 0.29) is 6.04 Å². The van der Waals surface area contributed by atoms with Crippen LogP contribution in [0.2, 0.25) is 5.02 Å². The van der Waals surface area contributed by atoms with Gasteiger partial charge in [-0.25, -0.2) is 5.43 Å². The summed E-state index contributed by atoms with van der Waals surface area (Å²) in [5.41, 5.74) is 8.63. The molecule has 0 radical (unpaired) electrons. The number of hydrogen-bond donors (Lipinski definition) is 2. The summed E-state index contributed by atoms with van der Waals surface area (Å²) in [6.07, 6.45) is 0. The fourth-order valence-electron chi connectivity index (χ4n) is 2.57. The molecular formula is C17H21ClN2O. The van der Waals surface area contributed by atoms with Gasteiger partial charge in [0.15, 0.2) is 0 Å². The summed E-state index contributed by atoms with van der Waals surface area (Å²) >= 11 is 6.13. The fourth-order valence-corrected chi connectivity index (χ4v) is 2.75. The minimum absolute atomic E-state index is 0.169. The van der Waals surface area contributed by atoms with Gasteiger partial charge in [0.1, 0.15) is 5.75 Å². The van der Waals surface area contributed by atoms with Crippen molar-refractivity contribution < 1.29 is 4.74 Å². The lowest BCUT2D eigenvalue weighted by molar-refractivity contribution is 0.404. The minimum atomic E-state index is -0.169. The lowest BCUT2D eigenvalue weighted by Crippen LogP contribution is -2.30. The molecule has 0 bridgehead atoms. The van der Waals surface area contributed by atoms with Crippen LogP contribution in [0.25, 0.3) is 0 Å². The van der Waals surface area contributed by atoms with Crippen LogP contribution in [-0.4, -0.2) is 7.11 Å². The zero-order valence-corrected chi connectivity index (χ0v) is 13.6. The second-order valence-electron chi connectivity index (χ2n) is 5.28. The summed E-state index contributed by atoms with van der Waals surface area (Å²) in [6, 6.07) is 9.72. The lowest BCUT2D eigenvalue weighted by Gasteiger charge is -2.22. The molecule has 0 heterocycles. The highest BCUT2D eigenvalue weighted by Gasteiger charge is 2.20. The molecule has 0 aliphatic carbocycles. The number of hydrogen-bond acceptors (Lipinski definition) is 3. The molecule has 0 aliphatic heterocycles. The molecule has 0 saturated heterocycles. The van der Waals surface area contributed by atoms with Gasteiger partial charge in [-0.3, -0.25) is 5.84 Å². The second kappa shape index (κ2) is 6.48. The van der Waals surface area contributed by atoms with Crippen LogP contribution >= 0.6 is 11.6 Å². The van der Waals surface area contributed by atoms with E-state index in [1.165, 1.54) is 16.7 Å². The van der Waals surface area contributed by atoms with Crippen molar-refractivity contribution in [1.82, 2.24) is 5.43 Å². The van der Waals surface area contributed by atoms with Crippen molar-refractivity contribution in [3.05, 3.63) is 63.2 Å². The van der Waals surface area contributed by atoms with Gasteiger partial charge in [0, 0.05) is 10.6 Å². The summed E-state index contributed by atoms with van der Waals surface area (Å²) in [5.74, 6) is 6.58. The Bertz CT molecular complexity index is 655. The van der Waals surface area contributed by atoms with Gasteiger partial charge < -0.3 is 4.74 Å². The van der Waals surface area contributed by atoms with Crippen LogP contribution in [0.3, 0.4) is 0 Å². The number of ether oxygens (including phenoxy) is 1. The first kappa shape index (κ1) is 15.8. The van der Waals surface area contributed by atoms with E-state index < -0.39 is 0 Å². The summed E-state index contributed by atoms with van der Waals surface area (Å²) in [4.78, 5) is 0. The molecule has 21 heavy (non-hydrogen) atoms. The fraction of sp³-hybridized carbons (Fsp3) is 0.294. The molecule has 1 unspecified atom stereocenters. The summed E-state index contributed by atoms with van der Waals surface area (Å²) in [6.45, 7) is 6.29. The van der Waals surface area contributed by atoms with Crippen molar-refractivity contribution in [2.45, 2.75) is 26.8 Å². The van der Waals surface area contributed by atoms with Gasteiger partial charge in [0.2, 0.25) is 0 Å². The number of halogens is 1. The molecule has 2 aromatic rings. The molecule has 3 N–H and O–H groups in total. The van der Waals surface area contributed by atoms with E-state index in [9.17, 15) is 0 Å². The molecule has 112 valence electrons. The molecule has 0 aliphatic rings. The van der Waals surface area contributed by atoms with Crippen LogP contribution in [0.4, 0.5) is 0 Å². The van der Waals surface area contributed by atoms with Crippen LogP contribution in [0.15, 0.2) is 30.3 Å². The SMILES string of the molecule is COc1ccc(Cl)cc1C(NN)c1cc(C)c(C)cc1C. The third kappa shape index (κ3) is 3.21. The quantitative estimate of drug-likeness (QED) is 0.666. The van der Waals surface area contributed by atoms with Crippen molar-refractivity contribution in [3.8, 4) is 5.75 Å². The Labute approximate surface area is 131 Å². The number of nitrogens with one attached hydrogen (secondary N) is 1. The number of methoxy groups -OCH3 is 1. The maximum atomic E-state index is 6.13. The van der Waals surface area contributed by atoms with Crippen molar-refractivity contribution >= 4 is 11.6 Å². The first-order valence-corrected chi connectivity index (χ1v) is 7.23. The van der Waals surface area contributed by atoms with Crippen LogP contribution in [0, 0.1) is 20.8 Å². The second-order valence-corrected chi connectivity index (χ2v) is 5.72. The molecule has 4 heteroatoms. The Morgan fingerprint density at radius 3 is 2.29 bits per heavy atom. The maximum absolute atomic E-state index is 6.13. The number of nitrogens with two attached hydrogens (primary N) is 1. The Balaban J connectivity index is 2.59. The van der Waals surface area contributed by atoms with E-state index in [0.717, 1.165) is 16.9 Å². The molecule has 0 saturated carbocycles. The van der Waals surface area contributed by atoms with Crippen LogP contribution < -0.4 is 16.0 Å². The number of aryl methyl sites for hydroxylation is 3. The molecule has 0 spiro atoms. The predicted molar refractivity (Wildman–Crippen MR) is 87.8 cm³/mol. The van der Waals surface area contributed by atoms with E-state index in [1.807, 2.05) is 18.2 Å². The van der Waals surface area contributed by atoms with Crippen molar-refractivity contribution in [2.24, 2.45) is 5.84 Å². The van der Waals surface area contributed by atoms with Gasteiger partial charge >= 0.3 is 0 Å². The highest BCUT2D eigenvalue weighted by Crippen LogP contribution is 2.34. The van der Waals surface area contributed by atoms with Crippen molar-refractivity contribution in [3.63, 3.8) is 0 Å². The first-order valence-electron chi connectivity index (χ1n) is 6.85. The number of hydrazine groups is 1. The normalized spacial score (nSPS) is 12.3.